The largest absolute Gasteiger partial charge is 0.504 e. The first-order valence-corrected chi connectivity index (χ1v) is 7.31. The quantitative estimate of drug-likeness (QED) is 0.356. The SMILES string of the molecule is Cc1cc2nc3cc(O)c(O)cc3nc2cc1S(=O)(=O)O. The summed E-state index contributed by atoms with van der Waals surface area (Å²) in [6.45, 7) is 1.53. The summed E-state index contributed by atoms with van der Waals surface area (Å²) in [5.74, 6) is -0.666. The average molecular weight is 306 g/mol. The van der Waals surface area contributed by atoms with Gasteiger partial charge in [-0.1, -0.05) is 0 Å². The molecule has 1 heterocycles. The Morgan fingerprint density at radius 1 is 0.857 bits per heavy atom. The van der Waals surface area contributed by atoms with Gasteiger partial charge in [0.15, 0.2) is 11.5 Å². The molecular weight excluding hydrogens is 296 g/mol. The Hall–Kier alpha value is -2.45. The highest BCUT2D eigenvalue weighted by Gasteiger charge is 2.16. The molecule has 3 rings (SSSR count). The Morgan fingerprint density at radius 2 is 1.29 bits per heavy atom. The van der Waals surface area contributed by atoms with Gasteiger partial charge in [-0.3, -0.25) is 4.55 Å². The number of aryl methyl sites for hydroxylation is 1. The van der Waals surface area contributed by atoms with Crippen LogP contribution < -0.4 is 0 Å². The highest BCUT2D eigenvalue weighted by atomic mass is 32.2. The van der Waals surface area contributed by atoms with Crippen LogP contribution in [0.1, 0.15) is 5.56 Å². The molecule has 0 aliphatic rings. The van der Waals surface area contributed by atoms with Crippen LogP contribution in [-0.2, 0) is 10.1 Å². The fourth-order valence-electron chi connectivity index (χ4n) is 2.11. The summed E-state index contributed by atoms with van der Waals surface area (Å²) in [6.07, 6.45) is 0. The number of hydrogen-bond acceptors (Lipinski definition) is 6. The van der Waals surface area contributed by atoms with Crippen LogP contribution in [0, 0.1) is 6.92 Å². The van der Waals surface area contributed by atoms with Crippen LogP contribution in [0.5, 0.6) is 11.5 Å². The van der Waals surface area contributed by atoms with E-state index in [0.29, 0.717) is 22.1 Å². The Kier molecular flexibility index (Phi) is 2.75. The first kappa shape index (κ1) is 13.5. The van der Waals surface area contributed by atoms with E-state index < -0.39 is 10.1 Å². The molecule has 8 heteroatoms. The smallest absolute Gasteiger partial charge is 0.294 e. The van der Waals surface area contributed by atoms with Crippen molar-refractivity contribution in [3.8, 4) is 11.5 Å². The third kappa shape index (κ3) is 2.24. The zero-order chi connectivity index (χ0) is 15.4. The number of aromatic hydroxyl groups is 2. The van der Waals surface area contributed by atoms with Crippen molar-refractivity contribution in [1.82, 2.24) is 9.97 Å². The molecule has 0 saturated heterocycles. The van der Waals surface area contributed by atoms with Crippen molar-refractivity contribution >= 4 is 32.2 Å². The maximum absolute atomic E-state index is 11.3. The van der Waals surface area contributed by atoms with E-state index in [4.69, 9.17) is 0 Å². The molecule has 0 amide bonds. The van der Waals surface area contributed by atoms with Crippen LogP contribution in [0.3, 0.4) is 0 Å². The molecule has 0 saturated carbocycles. The van der Waals surface area contributed by atoms with Crippen molar-refractivity contribution < 1.29 is 23.2 Å². The van der Waals surface area contributed by atoms with E-state index in [0.717, 1.165) is 0 Å². The molecule has 0 aliphatic heterocycles. The van der Waals surface area contributed by atoms with Crippen LogP contribution >= 0.6 is 0 Å². The van der Waals surface area contributed by atoms with Crippen molar-refractivity contribution in [3.05, 3.63) is 29.8 Å². The van der Waals surface area contributed by atoms with Gasteiger partial charge in [0.05, 0.1) is 27.0 Å². The lowest BCUT2D eigenvalue weighted by Crippen LogP contribution is -2.02. The molecule has 0 unspecified atom stereocenters. The summed E-state index contributed by atoms with van der Waals surface area (Å²) in [7, 11) is -4.35. The van der Waals surface area contributed by atoms with Crippen molar-refractivity contribution in [2.75, 3.05) is 0 Å². The summed E-state index contributed by atoms with van der Waals surface area (Å²) in [6, 6.07) is 5.19. The zero-order valence-corrected chi connectivity index (χ0v) is 11.6. The zero-order valence-electron chi connectivity index (χ0n) is 10.8. The summed E-state index contributed by atoms with van der Waals surface area (Å²) in [5.41, 5.74) is 1.66. The second-order valence-corrected chi connectivity index (χ2v) is 6.02. The van der Waals surface area contributed by atoms with Gasteiger partial charge in [0.2, 0.25) is 0 Å². The molecule has 0 bridgehead atoms. The lowest BCUT2D eigenvalue weighted by molar-refractivity contribution is 0.404. The minimum atomic E-state index is -4.35. The molecule has 21 heavy (non-hydrogen) atoms. The summed E-state index contributed by atoms with van der Waals surface area (Å²) >= 11 is 0. The highest BCUT2D eigenvalue weighted by molar-refractivity contribution is 7.85. The van der Waals surface area contributed by atoms with Crippen molar-refractivity contribution in [2.45, 2.75) is 11.8 Å². The first-order valence-electron chi connectivity index (χ1n) is 5.87. The molecule has 0 fully saturated rings. The van der Waals surface area contributed by atoms with Crippen LogP contribution in [0.25, 0.3) is 22.1 Å². The summed E-state index contributed by atoms with van der Waals surface area (Å²) in [4.78, 5) is 8.20. The lowest BCUT2D eigenvalue weighted by atomic mass is 10.2. The van der Waals surface area contributed by atoms with E-state index in [1.807, 2.05) is 0 Å². The van der Waals surface area contributed by atoms with E-state index >= 15 is 0 Å². The maximum atomic E-state index is 11.3. The van der Waals surface area contributed by atoms with Gasteiger partial charge in [0, 0.05) is 12.1 Å². The van der Waals surface area contributed by atoms with Crippen molar-refractivity contribution in [2.24, 2.45) is 0 Å². The maximum Gasteiger partial charge on any atom is 0.294 e. The van der Waals surface area contributed by atoms with Gasteiger partial charge in [-0.25, -0.2) is 9.97 Å². The highest BCUT2D eigenvalue weighted by Crippen LogP contribution is 2.30. The fraction of sp³-hybridized carbons (Fsp3) is 0.0769. The molecule has 7 nitrogen and oxygen atoms in total. The number of nitrogens with zero attached hydrogens (tertiary/aromatic N) is 2. The van der Waals surface area contributed by atoms with Gasteiger partial charge >= 0.3 is 0 Å². The standard InChI is InChI=1S/C13H10N2O5S/c1-6-2-7-10(5-13(6)21(18,19)20)15-9-4-12(17)11(16)3-8(9)14-7/h2-5,16-17H,1H3,(H,18,19,20). The van der Waals surface area contributed by atoms with E-state index in [2.05, 4.69) is 9.97 Å². The topological polar surface area (TPSA) is 121 Å². The van der Waals surface area contributed by atoms with Gasteiger partial charge in [0.1, 0.15) is 0 Å². The fourth-order valence-corrected chi connectivity index (χ4v) is 2.84. The van der Waals surface area contributed by atoms with E-state index in [1.54, 1.807) is 0 Å². The minimum absolute atomic E-state index is 0.244. The van der Waals surface area contributed by atoms with Crippen LogP contribution in [0.4, 0.5) is 0 Å². The lowest BCUT2D eigenvalue weighted by Gasteiger charge is -2.07. The average Bonchev–Trinajstić information content (AvgIpc) is 2.36. The normalized spacial score (nSPS) is 12.1. The van der Waals surface area contributed by atoms with Gasteiger partial charge < -0.3 is 10.2 Å². The summed E-state index contributed by atoms with van der Waals surface area (Å²) < 4.78 is 31.8. The monoisotopic (exact) mass is 306 g/mol. The number of rotatable bonds is 1. The first-order chi connectivity index (χ1) is 9.75. The van der Waals surface area contributed by atoms with Crippen LogP contribution in [0.2, 0.25) is 0 Å². The molecule has 1 aromatic heterocycles. The molecule has 0 radical (unpaired) electrons. The second kappa shape index (κ2) is 4.27. The number of phenols is 2. The third-order valence-corrected chi connectivity index (χ3v) is 4.10. The minimum Gasteiger partial charge on any atom is -0.504 e. The molecule has 0 aliphatic carbocycles. The number of benzene rings is 2. The molecule has 108 valence electrons. The Bertz CT molecular complexity index is 999. The predicted octanol–water partition coefficient (Wildman–Crippen LogP) is 1.75. The third-order valence-electron chi connectivity index (χ3n) is 3.10. The number of fused-ring (bicyclic) bond motifs is 2. The Balaban J connectivity index is 2.41. The van der Waals surface area contributed by atoms with Gasteiger partial charge in [-0.15, -0.1) is 0 Å². The van der Waals surface area contributed by atoms with Crippen molar-refractivity contribution in [3.63, 3.8) is 0 Å². The summed E-state index contributed by atoms with van der Waals surface area (Å²) in [5, 5.41) is 18.9. The molecular formula is C13H10N2O5S. The number of aromatic nitrogens is 2. The predicted molar refractivity (Wildman–Crippen MR) is 74.9 cm³/mol. The second-order valence-electron chi connectivity index (χ2n) is 4.63. The Morgan fingerprint density at radius 3 is 1.76 bits per heavy atom. The molecule has 3 aromatic rings. The molecule has 2 aromatic carbocycles. The van der Waals surface area contributed by atoms with E-state index in [9.17, 15) is 23.2 Å². The van der Waals surface area contributed by atoms with Gasteiger partial charge in [0.25, 0.3) is 10.1 Å². The molecule has 0 atom stereocenters. The number of hydrogen-bond donors (Lipinski definition) is 3. The van der Waals surface area contributed by atoms with Crippen LogP contribution in [-0.4, -0.2) is 33.2 Å². The molecule has 0 spiro atoms. The van der Waals surface area contributed by atoms with Crippen molar-refractivity contribution in [1.29, 1.82) is 0 Å². The van der Waals surface area contributed by atoms with E-state index in [1.165, 1.54) is 31.2 Å². The van der Waals surface area contributed by atoms with Gasteiger partial charge in [-0.2, -0.15) is 8.42 Å². The van der Waals surface area contributed by atoms with Gasteiger partial charge in [-0.05, 0) is 24.6 Å². The van der Waals surface area contributed by atoms with E-state index in [-0.39, 0.29) is 21.9 Å². The number of phenolic OH excluding ortho intramolecular Hbond substituents is 2. The Labute approximate surface area is 119 Å². The molecule has 3 N–H and O–H groups in total. The van der Waals surface area contributed by atoms with Crippen LogP contribution in [0.15, 0.2) is 29.2 Å².